The average Bonchev–Trinajstić information content (AvgIpc) is 2.96. The lowest BCUT2D eigenvalue weighted by Crippen LogP contribution is -2.28. The normalized spacial score (nSPS) is 26.8. The molecule has 3 atom stereocenters. The van der Waals surface area contributed by atoms with Crippen molar-refractivity contribution in [3.05, 3.63) is 76.8 Å². The van der Waals surface area contributed by atoms with Gasteiger partial charge < -0.3 is 5.32 Å². The van der Waals surface area contributed by atoms with E-state index < -0.39 is 0 Å². The molecule has 0 saturated carbocycles. The summed E-state index contributed by atoms with van der Waals surface area (Å²) in [5.74, 6) is 1.11. The first-order valence-corrected chi connectivity index (χ1v) is 7.48. The lowest BCUT2D eigenvalue weighted by Gasteiger charge is -2.37. The molecule has 2 aromatic rings. The summed E-state index contributed by atoms with van der Waals surface area (Å²) in [6.45, 7) is 0. The summed E-state index contributed by atoms with van der Waals surface area (Å²) in [5, 5.41) is 4.52. The predicted octanol–water partition coefficient (Wildman–Crippen LogP) is 5.17. The van der Waals surface area contributed by atoms with Crippen LogP contribution in [0.5, 0.6) is 0 Å². The van der Waals surface area contributed by atoms with Crippen LogP contribution in [0.15, 0.2) is 60.7 Å². The van der Waals surface area contributed by atoms with Gasteiger partial charge in [0.2, 0.25) is 0 Å². The highest BCUT2D eigenvalue weighted by Crippen LogP contribution is 2.49. The molecule has 1 aliphatic carbocycles. The van der Waals surface area contributed by atoms with Gasteiger partial charge in [-0.1, -0.05) is 54.1 Å². The number of halogens is 1. The van der Waals surface area contributed by atoms with Gasteiger partial charge in [-0.25, -0.2) is 0 Å². The first-order valence-electron chi connectivity index (χ1n) is 7.10. The molecular weight excluding hydrogens is 266 g/mol. The number of benzene rings is 2. The number of allylic oxidation sites excluding steroid dienone is 2. The molecule has 0 saturated heterocycles. The Kier molecular flexibility index (Phi) is 2.82. The Labute approximate surface area is 124 Å². The van der Waals surface area contributed by atoms with Gasteiger partial charge in [0.25, 0.3) is 0 Å². The molecule has 2 aromatic carbocycles. The van der Waals surface area contributed by atoms with E-state index in [0.717, 1.165) is 11.4 Å². The van der Waals surface area contributed by atoms with Crippen molar-refractivity contribution in [2.75, 3.05) is 5.32 Å². The van der Waals surface area contributed by atoms with E-state index in [1.54, 1.807) is 0 Å². The Bertz CT molecular complexity index is 677. The van der Waals surface area contributed by atoms with Gasteiger partial charge in [0.15, 0.2) is 0 Å². The van der Waals surface area contributed by atoms with E-state index in [1.165, 1.54) is 16.8 Å². The fourth-order valence-corrected chi connectivity index (χ4v) is 3.77. The SMILES string of the molecule is Clc1cccc([C@@H]2Nc3ccccc3[C@@H]3C=CC[C@@H]32)c1. The zero-order chi connectivity index (χ0) is 13.5. The number of para-hydroxylation sites is 1. The van der Waals surface area contributed by atoms with Gasteiger partial charge in [0, 0.05) is 16.6 Å². The monoisotopic (exact) mass is 281 g/mol. The second-order valence-corrected chi connectivity index (χ2v) is 6.05. The van der Waals surface area contributed by atoms with Crippen LogP contribution in [0.3, 0.4) is 0 Å². The van der Waals surface area contributed by atoms with Crippen LogP contribution in [0.2, 0.25) is 5.02 Å². The highest BCUT2D eigenvalue weighted by molar-refractivity contribution is 6.30. The van der Waals surface area contributed by atoms with Crippen molar-refractivity contribution in [3.8, 4) is 0 Å². The molecule has 0 amide bonds. The summed E-state index contributed by atoms with van der Waals surface area (Å²) in [7, 11) is 0. The Morgan fingerprint density at radius 2 is 1.95 bits per heavy atom. The second kappa shape index (κ2) is 4.68. The number of anilines is 1. The summed E-state index contributed by atoms with van der Waals surface area (Å²) >= 11 is 6.16. The first-order chi connectivity index (χ1) is 9.83. The number of rotatable bonds is 1. The summed E-state index contributed by atoms with van der Waals surface area (Å²) < 4.78 is 0. The Hall–Kier alpha value is -1.73. The van der Waals surface area contributed by atoms with Gasteiger partial charge in [-0.3, -0.25) is 0 Å². The molecule has 0 fully saturated rings. The summed E-state index contributed by atoms with van der Waals surface area (Å²) in [4.78, 5) is 0. The Morgan fingerprint density at radius 1 is 1.05 bits per heavy atom. The van der Waals surface area contributed by atoms with E-state index in [9.17, 15) is 0 Å². The lowest BCUT2D eigenvalue weighted by atomic mass is 9.77. The maximum atomic E-state index is 6.16. The van der Waals surface area contributed by atoms with E-state index in [4.69, 9.17) is 11.6 Å². The molecule has 0 aromatic heterocycles. The minimum absolute atomic E-state index is 0.337. The van der Waals surface area contributed by atoms with Crippen molar-refractivity contribution >= 4 is 17.3 Å². The van der Waals surface area contributed by atoms with Crippen molar-refractivity contribution in [2.24, 2.45) is 5.92 Å². The fourth-order valence-electron chi connectivity index (χ4n) is 3.57. The third-order valence-corrected chi connectivity index (χ3v) is 4.71. The topological polar surface area (TPSA) is 12.0 Å². The molecular formula is C18H16ClN. The highest BCUT2D eigenvalue weighted by atomic mass is 35.5. The van der Waals surface area contributed by atoms with E-state index in [0.29, 0.717) is 17.9 Å². The fraction of sp³-hybridized carbons (Fsp3) is 0.222. The third-order valence-electron chi connectivity index (χ3n) is 4.48. The number of hydrogen-bond acceptors (Lipinski definition) is 1. The maximum Gasteiger partial charge on any atom is 0.0554 e. The molecule has 0 radical (unpaired) electrons. The van der Waals surface area contributed by atoms with Gasteiger partial charge in [-0.2, -0.15) is 0 Å². The number of fused-ring (bicyclic) bond motifs is 3. The zero-order valence-electron chi connectivity index (χ0n) is 11.1. The van der Waals surface area contributed by atoms with Gasteiger partial charge in [0.1, 0.15) is 0 Å². The molecule has 0 unspecified atom stereocenters. The largest absolute Gasteiger partial charge is 0.378 e. The van der Waals surface area contributed by atoms with E-state index in [1.807, 2.05) is 12.1 Å². The maximum absolute atomic E-state index is 6.16. The summed E-state index contributed by atoms with van der Waals surface area (Å²) in [6.07, 6.45) is 5.81. The van der Waals surface area contributed by atoms with E-state index in [-0.39, 0.29) is 0 Å². The molecule has 0 bridgehead atoms. The average molecular weight is 282 g/mol. The van der Waals surface area contributed by atoms with Gasteiger partial charge in [-0.05, 0) is 41.7 Å². The molecule has 100 valence electrons. The quantitative estimate of drug-likeness (QED) is 0.711. The van der Waals surface area contributed by atoms with Gasteiger partial charge in [-0.15, -0.1) is 0 Å². The molecule has 1 heterocycles. The predicted molar refractivity (Wildman–Crippen MR) is 84.2 cm³/mol. The van der Waals surface area contributed by atoms with Crippen molar-refractivity contribution < 1.29 is 0 Å². The molecule has 20 heavy (non-hydrogen) atoms. The van der Waals surface area contributed by atoms with Gasteiger partial charge in [0.05, 0.1) is 6.04 Å². The molecule has 4 rings (SSSR count). The zero-order valence-corrected chi connectivity index (χ0v) is 11.8. The van der Waals surface area contributed by atoms with Crippen LogP contribution in [-0.4, -0.2) is 0 Å². The van der Waals surface area contributed by atoms with Crippen molar-refractivity contribution in [1.29, 1.82) is 0 Å². The van der Waals surface area contributed by atoms with E-state index >= 15 is 0 Å². The van der Waals surface area contributed by atoms with Crippen molar-refractivity contribution in [3.63, 3.8) is 0 Å². The molecule has 2 aliphatic rings. The van der Waals surface area contributed by atoms with Crippen LogP contribution in [-0.2, 0) is 0 Å². The third kappa shape index (κ3) is 1.85. The van der Waals surface area contributed by atoms with E-state index in [2.05, 4.69) is 53.9 Å². The summed E-state index contributed by atoms with van der Waals surface area (Å²) in [5.41, 5.74) is 3.96. The van der Waals surface area contributed by atoms with Crippen molar-refractivity contribution in [2.45, 2.75) is 18.4 Å². The molecule has 1 nitrogen and oxygen atoms in total. The molecule has 1 aliphatic heterocycles. The van der Waals surface area contributed by atoms with Crippen LogP contribution >= 0.6 is 11.6 Å². The summed E-state index contributed by atoms with van der Waals surface area (Å²) in [6, 6.07) is 17.2. The van der Waals surface area contributed by atoms with Gasteiger partial charge >= 0.3 is 0 Å². The molecule has 0 spiro atoms. The Morgan fingerprint density at radius 3 is 2.85 bits per heavy atom. The van der Waals surface area contributed by atoms with Crippen LogP contribution < -0.4 is 5.32 Å². The highest BCUT2D eigenvalue weighted by Gasteiger charge is 2.37. The molecule has 1 N–H and O–H groups in total. The van der Waals surface area contributed by atoms with Crippen LogP contribution in [0, 0.1) is 5.92 Å². The standard InChI is InChI=1S/C18H16ClN/c19-13-6-3-5-12(11-13)18-16-9-4-8-14(16)15-7-1-2-10-17(15)20-18/h1-8,10-11,14,16,18,20H,9H2/t14-,16-,18-/m0/s1. The Balaban J connectivity index is 1.80. The smallest absolute Gasteiger partial charge is 0.0554 e. The van der Waals surface area contributed by atoms with Crippen molar-refractivity contribution in [1.82, 2.24) is 0 Å². The van der Waals surface area contributed by atoms with Crippen LogP contribution in [0.1, 0.15) is 29.5 Å². The second-order valence-electron chi connectivity index (χ2n) is 5.62. The number of nitrogens with one attached hydrogen (secondary N) is 1. The minimum Gasteiger partial charge on any atom is -0.378 e. The molecule has 2 heteroatoms. The number of hydrogen-bond donors (Lipinski definition) is 1. The lowest BCUT2D eigenvalue weighted by molar-refractivity contribution is 0.425. The first kappa shape index (κ1) is 12.0. The minimum atomic E-state index is 0.337. The van der Waals surface area contributed by atoms with Crippen LogP contribution in [0.4, 0.5) is 5.69 Å². The van der Waals surface area contributed by atoms with Crippen LogP contribution in [0.25, 0.3) is 0 Å².